The van der Waals surface area contributed by atoms with E-state index in [-0.39, 0.29) is 30.6 Å². The van der Waals surface area contributed by atoms with E-state index < -0.39 is 0 Å². The third-order valence-corrected chi connectivity index (χ3v) is 5.57. The summed E-state index contributed by atoms with van der Waals surface area (Å²) >= 11 is 5.84. The van der Waals surface area contributed by atoms with Gasteiger partial charge in [0.2, 0.25) is 5.91 Å². The van der Waals surface area contributed by atoms with E-state index >= 15 is 0 Å². The summed E-state index contributed by atoms with van der Waals surface area (Å²) in [6, 6.07) is 16.2. The van der Waals surface area contributed by atoms with Gasteiger partial charge in [-0.3, -0.25) is 14.5 Å². The fourth-order valence-corrected chi connectivity index (χ4v) is 3.67. The van der Waals surface area contributed by atoms with Crippen molar-refractivity contribution in [3.8, 4) is 11.8 Å². The Morgan fingerprint density at radius 3 is 2.23 bits per heavy atom. The molecule has 0 radical (unpaired) electrons. The third kappa shape index (κ3) is 5.38. The van der Waals surface area contributed by atoms with Gasteiger partial charge in [-0.15, -0.1) is 0 Å². The second-order valence-corrected chi connectivity index (χ2v) is 7.59. The predicted molar refractivity (Wildman–Crippen MR) is 115 cm³/mol. The van der Waals surface area contributed by atoms with E-state index in [1.165, 1.54) is 0 Å². The first-order valence-corrected chi connectivity index (χ1v) is 10.2. The molecule has 2 aromatic carbocycles. The van der Waals surface area contributed by atoms with Crippen molar-refractivity contribution in [2.75, 3.05) is 33.3 Å². The van der Waals surface area contributed by atoms with E-state index in [4.69, 9.17) is 16.3 Å². The van der Waals surface area contributed by atoms with Crippen molar-refractivity contribution in [3.05, 3.63) is 64.7 Å². The number of benzene rings is 2. The van der Waals surface area contributed by atoms with Crippen LogP contribution < -0.4 is 4.74 Å². The van der Waals surface area contributed by atoms with Crippen molar-refractivity contribution in [2.45, 2.75) is 18.9 Å². The molecule has 0 saturated carbocycles. The highest BCUT2D eigenvalue weighted by molar-refractivity contribution is 6.30. The number of methoxy groups -OCH3 is 1. The lowest BCUT2D eigenvalue weighted by atomic mass is 10.0. The summed E-state index contributed by atoms with van der Waals surface area (Å²) in [5.41, 5.74) is 1.47. The van der Waals surface area contributed by atoms with Crippen LogP contribution in [0.1, 0.15) is 34.8 Å². The van der Waals surface area contributed by atoms with E-state index in [0.29, 0.717) is 36.8 Å². The van der Waals surface area contributed by atoms with Crippen LogP contribution in [0.15, 0.2) is 48.5 Å². The van der Waals surface area contributed by atoms with Crippen LogP contribution in [0.5, 0.6) is 5.75 Å². The molecule has 0 aliphatic carbocycles. The first kappa shape index (κ1) is 21.8. The molecule has 0 N–H and O–H groups in total. The number of ketones is 1. The molecule has 7 heteroatoms. The number of rotatable bonds is 7. The molecular weight excluding hydrogens is 402 g/mol. The number of hydrogen-bond acceptors (Lipinski definition) is 5. The molecule has 1 aliphatic rings. The van der Waals surface area contributed by atoms with Gasteiger partial charge in [-0.2, -0.15) is 5.26 Å². The van der Waals surface area contributed by atoms with Gasteiger partial charge in [0.1, 0.15) is 11.8 Å². The third-order valence-electron chi connectivity index (χ3n) is 5.32. The second-order valence-electron chi connectivity index (χ2n) is 7.15. The standard InChI is InChI=1S/C23H24ClN3O3/c1-30-20-8-4-17(5-9-20)21(16-25)26-12-14-27(15-13-26)23(29)11-10-22(28)18-2-6-19(24)7-3-18/h2-9,21H,10-15H2,1H3. The quantitative estimate of drug-likeness (QED) is 0.632. The zero-order valence-corrected chi connectivity index (χ0v) is 17.6. The highest BCUT2D eigenvalue weighted by atomic mass is 35.5. The zero-order valence-electron chi connectivity index (χ0n) is 16.9. The average Bonchev–Trinajstić information content (AvgIpc) is 2.79. The molecule has 1 heterocycles. The fourth-order valence-electron chi connectivity index (χ4n) is 3.54. The molecule has 1 amide bonds. The number of carbonyl (C=O) groups excluding carboxylic acids is 2. The average molecular weight is 426 g/mol. The molecule has 30 heavy (non-hydrogen) atoms. The Hall–Kier alpha value is -2.88. The lowest BCUT2D eigenvalue weighted by Gasteiger charge is -2.37. The van der Waals surface area contributed by atoms with Gasteiger partial charge in [0.15, 0.2) is 5.78 Å². The topological polar surface area (TPSA) is 73.6 Å². The Kier molecular flexibility index (Phi) is 7.45. The minimum absolute atomic E-state index is 0.0325. The van der Waals surface area contributed by atoms with Gasteiger partial charge in [0, 0.05) is 49.6 Å². The number of piperazine rings is 1. The molecule has 156 valence electrons. The Morgan fingerprint density at radius 1 is 1.03 bits per heavy atom. The number of halogens is 1. The summed E-state index contributed by atoms with van der Waals surface area (Å²) in [4.78, 5) is 28.6. The van der Waals surface area contributed by atoms with Crippen molar-refractivity contribution < 1.29 is 14.3 Å². The monoisotopic (exact) mass is 425 g/mol. The second kappa shape index (κ2) is 10.2. The number of carbonyl (C=O) groups is 2. The van der Waals surface area contributed by atoms with Crippen molar-refractivity contribution in [1.29, 1.82) is 5.26 Å². The molecule has 1 unspecified atom stereocenters. The molecule has 0 aromatic heterocycles. The molecule has 0 bridgehead atoms. The van der Waals surface area contributed by atoms with Gasteiger partial charge in [-0.05, 0) is 42.0 Å². The number of ether oxygens (including phenoxy) is 1. The van der Waals surface area contributed by atoms with Crippen LogP contribution >= 0.6 is 11.6 Å². The van der Waals surface area contributed by atoms with Crippen LogP contribution in [0.25, 0.3) is 0 Å². The number of hydrogen-bond donors (Lipinski definition) is 0. The van der Waals surface area contributed by atoms with Crippen LogP contribution in [-0.2, 0) is 4.79 Å². The van der Waals surface area contributed by atoms with Gasteiger partial charge >= 0.3 is 0 Å². The first-order valence-electron chi connectivity index (χ1n) is 9.86. The molecule has 1 atom stereocenters. The van der Waals surface area contributed by atoms with Crippen molar-refractivity contribution in [1.82, 2.24) is 9.80 Å². The minimum Gasteiger partial charge on any atom is -0.497 e. The van der Waals surface area contributed by atoms with Crippen LogP contribution in [0, 0.1) is 11.3 Å². The van der Waals surface area contributed by atoms with Crippen LogP contribution in [0.4, 0.5) is 0 Å². The van der Waals surface area contributed by atoms with E-state index in [2.05, 4.69) is 11.0 Å². The summed E-state index contributed by atoms with van der Waals surface area (Å²) in [7, 11) is 1.61. The fraction of sp³-hybridized carbons (Fsp3) is 0.348. The van der Waals surface area contributed by atoms with Crippen LogP contribution in [0.2, 0.25) is 5.02 Å². The summed E-state index contributed by atoms with van der Waals surface area (Å²) in [6.45, 7) is 2.31. The minimum atomic E-state index is -0.361. The van der Waals surface area contributed by atoms with Gasteiger partial charge in [-0.1, -0.05) is 23.7 Å². The molecule has 2 aromatic rings. The molecule has 1 fully saturated rings. The van der Waals surface area contributed by atoms with Crippen molar-refractivity contribution in [3.63, 3.8) is 0 Å². The van der Waals surface area contributed by atoms with Crippen LogP contribution in [0.3, 0.4) is 0 Å². The maximum atomic E-state index is 12.5. The van der Waals surface area contributed by atoms with E-state index in [1.54, 1.807) is 36.3 Å². The molecular formula is C23H24ClN3O3. The molecule has 0 spiro atoms. The normalized spacial score (nSPS) is 15.3. The smallest absolute Gasteiger partial charge is 0.223 e. The van der Waals surface area contributed by atoms with Gasteiger partial charge in [0.25, 0.3) is 0 Å². The summed E-state index contributed by atoms with van der Waals surface area (Å²) in [6.07, 6.45) is 0.356. The predicted octanol–water partition coefficient (Wildman–Crippen LogP) is 3.72. The maximum absolute atomic E-state index is 12.5. The zero-order chi connectivity index (χ0) is 21.5. The van der Waals surface area contributed by atoms with Crippen molar-refractivity contribution >= 4 is 23.3 Å². The SMILES string of the molecule is COc1ccc(C(C#N)N2CCN(C(=O)CCC(=O)c3ccc(Cl)cc3)CC2)cc1. The molecule has 1 saturated heterocycles. The molecule has 1 aliphatic heterocycles. The lowest BCUT2D eigenvalue weighted by molar-refractivity contribution is -0.133. The van der Waals surface area contributed by atoms with Crippen molar-refractivity contribution in [2.24, 2.45) is 0 Å². The van der Waals surface area contributed by atoms with E-state index in [1.807, 2.05) is 24.3 Å². The maximum Gasteiger partial charge on any atom is 0.223 e. The van der Waals surface area contributed by atoms with Crippen LogP contribution in [-0.4, -0.2) is 54.8 Å². The highest BCUT2D eigenvalue weighted by Gasteiger charge is 2.27. The summed E-state index contributed by atoms with van der Waals surface area (Å²) in [5, 5.41) is 10.2. The number of nitriles is 1. The first-order chi connectivity index (χ1) is 14.5. The Morgan fingerprint density at radius 2 is 1.67 bits per heavy atom. The van der Waals surface area contributed by atoms with E-state index in [0.717, 1.165) is 11.3 Å². The lowest BCUT2D eigenvalue weighted by Crippen LogP contribution is -2.49. The number of nitrogens with zero attached hydrogens (tertiary/aromatic N) is 3. The van der Waals surface area contributed by atoms with Gasteiger partial charge < -0.3 is 9.64 Å². The number of Topliss-reactive ketones (excluding diaryl/α,β-unsaturated/α-hetero) is 1. The summed E-state index contributed by atoms with van der Waals surface area (Å²) in [5.74, 6) is 0.650. The van der Waals surface area contributed by atoms with Gasteiger partial charge in [-0.25, -0.2) is 0 Å². The largest absolute Gasteiger partial charge is 0.497 e. The Balaban J connectivity index is 1.50. The Labute approximate surface area is 181 Å². The number of amides is 1. The summed E-state index contributed by atoms with van der Waals surface area (Å²) < 4.78 is 5.17. The molecule has 6 nitrogen and oxygen atoms in total. The van der Waals surface area contributed by atoms with E-state index in [9.17, 15) is 14.9 Å². The molecule has 3 rings (SSSR count). The van der Waals surface area contributed by atoms with Gasteiger partial charge in [0.05, 0.1) is 13.2 Å². The Bertz CT molecular complexity index is 914. The highest BCUT2D eigenvalue weighted by Crippen LogP contribution is 2.24.